The van der Waals surface area contributed by atoms with E-state index in [2.05, 4.69) is 57.9 Å². The van der Waals surface area contributed by atoms with Crippen LogP contribution in [0, 0.1) is 24.2 Å². The number of hydrogen-bond acceptors (Lipinski definition) is 6. The Kier molecular flexibility index (Phi) is 6.35. The number of nitrogens with zero attached hydrogens (tertiary/aromatic N) is 7. The number of nitriles is 1. The van der Waals surface area contributed by atoms with Gasteiger partial charge < -0.3 is 4.90 Å². The Labute approximate surface area is 221 Å². The van der Waals surface area contributed by atoms with E-state index in [0.717, 1.165) is 44.3 Å². The SMILES string of the molecule is CN=Cc1ccccc1Sc1cc(-c2cnn(C3CCC4CC(C3)N(C)C4)c2C)cn2ncc(C#N)c12. The second-order valence-electron chi connectivity index (χ2n) is 10.3. The molecule has 8 heteroatoms. The van der Waals surface area contributed by atoms with Gasteiger partial charge >= 0.3 is 0 Å². The molecule has 1 saturated heterocycles. The van der Waals surface area contributed by atoms with Gasteiger partial charge in [0.1, 0.15) is 6.07 Å². The Morgan fingerprint density at radius 2 is 1.97 bits per heavy atom. The lowest BCUT2D eigenvalue weighted by Gasteiger charge is -2.27. The highest BCUT2D eigenvalue weighted by Gasteiger charge is 2.36. The quantitative estimate of drug-likeness (QED) is 0.326. The van der Waals surface area contributed by atoms with Gasteiger partial charge in [-0.25, -0.2) is 4.52 Å². The van der Waals surface area contributed by atoms with Crippen molar-refractivity contribution in [3.05, 3.63) is 65.7 Å². The zero-order valence-corrected chi connectivity index (χ0v) is 22.3. The molecule has 3 atom stereocenters. The standard InChI is InChI=1S/C29H31N7S/c1-19-26(16-33-36(19)24-9-8-20-10-25(12-24)34(3)17-20)22-11-28(29-23(13-30)15-32-35(29)18-22)37-27-7-5-4-6-21(27)14-31-2/h4-7,11,14-16,18,20,24-25H,8-10,12,17H2,1-3H3. The van der Waals surface area contributed by atoms with E-state index in [1.54, 1.807) is 25.0 Å². The summed E-state index contributed by atoms with van der Waals surface area (Å²) in [5, 5.41) is 19.2. The highest BCUT2D eigenvalue weighted by atomic mass is 32.2. The van der Waals surface area contributed by atoms with Crippen LogP contribution < -0.4 is 0 Å². The maximum absolute atomic E-state index is 9.77. The molecule has 37 heavy (non-hydrogen) atoms. The minimum Gasteiger partial charge on any atom is -0.303 e. The van der Waals surface area contributed by atoms with E-state index in [0.29, 0.717) is 17.6 Å². The van der Waals surface area contributed by atoms with Crippen LogP contribution in [-0.4, -0.2) is 57.2 Å². The van der Waals surface area contributed by atoms with Gasteiger partial charge in [-0.15, -0.1) is 0 Å². The third kappa shape index (κ3) is 4.36. The number of fused-ring (bicyclic) bond motifs is 3. The average molecular weight is 510 g/mol. The lowest BCUT2D eigenvalue weighted by atomic mass is 10.0. The molecule has 3 aromatic heterocycles. The molecule has 188 valence electrons. The van der Waals surface area contributed by atoms with Gasteiger partial charge in [0.05, 0.1) is 29.5 Å². The predicted octanol–water partition coefficient (Wildman–Crippen LogP) is 5.62. The number of hydrogen-bond donors (Lipinski definition) is 0. The van der Waals surface area contributed by atoms with Gasteiger partial charge in [-0.05, 0) is 57.7 Å². The summed E-state index contributed by atoms with van der Waals surface area (Å²) >= 11 is 1.64. The van der Waals surface area contributed by atoms with Gasteiger partial charge in [0.25, 0.3) is 0 Å². The molecule has 3 unspecified atom stereocenters. The molecule has 0 radical (unpaired) electrons. The van der Waals surface area contributed by atoms with Crippen LogP contribution in [0.25, 0.3) is 16.6 Å². The van der Waals surface area contributed by atoms with Crippen LogP contribution in [0.5, 0.6) is 0 Å². The molecule has 7 nitrogen and oxygen atoms in total. The lowest BCUT2D eigenvalue weighted by Crippen LogP contribution is -2.29. The maximum atomic E-state index is 9.77. The molecule has 1 saturated carbocycles. The highest BCUT2D eigenvalue weighted by Crippen LogP contribution is 2.40. The molecule has 2 bridgehead atoms. The molecule has 6 rings (SSSR count). The van der Waals surface area contributed by atoms with E-state index in [1.165, 1.54) is 31.5 Å². The summed E-state index contributed by atoms with van der Waals surface area (Å²) in [5.41, 5.74) is 5.80. The Bertz CT molecular complexity index is 1530. The normalized spacial score (nSPS) is 22.1. The van der Waals surface area contributed by atoms with Gasteiger partial charge in [0, 0.05) is 64.2 Å². The minimum atomic E-state index is 0.430. The van der Waals surface area contributed by atoms with Crippen molar-refractivity contribution in [1.29, 1.82) is 5.26 Å². The summed E-state index contributed by atoms with van der Waals surface area (Å²) < 4.78 is 4.10. The first-order valence-corrected chi connectivity index (χ1v) is 13.7. The summed E-state index contributed by atoms with van der Waals surface area (Å²) in [7, 11) is 4.05. The number of rotatable bonds is 5. The fourth-order valence-corrected chi connectivity index (χ4v) is 7.28. The molecule has 4 heterocycles. The van der Waals surface area contributed by atoms with Crippen LogP contribution in [0.3, 0.4) is 0 Å². The number of aliphatic imine (C=N–C) groups is 1. The Balaban J connectivity index is 1.40. The van der Waals surface area contributed by atoms with Crippen LogP contribution in [0.1, 0.15) is 48.5 Å². The molecule has 0 N–H and O–H groups in total. The van der Waals surface area contributed by atoms with Crippen molar-refractivity contribution in [2.75, 3.05) is 20.6 Å². The van der Waals surface area contributed by atoms with Crippen LogP contribution in [0.4, 0.5) is 0 Å². The fourth-order valence-electron chi connectivity index (χ4n) is 6.17. The molecule has 1 aliphatic carbocycles. The van der Waals surface area contributed by atoms with Gasteiger partial charge in [-0.2, -0.15) is 15.5 Å². The Morgan fingerprint density at radius 1 is 1.11 bits per heavy atom. The smallest absolute Gasteiger partial charge is 0.103 e. The second-order valence-corrected chi connectivity index (χ2v) is 11.4. The lowest BCUT2D eigenvalue weighted by molar-refractivity contribution is 0.231. The third-order valence-corrected chi connectivity index (χ3v) is 9.16. The number of benzene rings is 1. The van der Waals surface area contributed by atoms with Crippen LogP contribution >= 0.6 is 11.8 Å². The first-order chi connectivity index (χ1) is 18.1. The largest absolute Gasteiger partial charge is 0.303 e. The molecule has 4 aromatic rings. The maximum Gasteiger partial charge on any atom is 0.103 e. The van der Waals surface area contributed by atoms with Crippen LogP contribution in [0.15, 0.2) is 63.7 Å². The molecule has 0 spiro atoms. The minimum absolute atomic E-state index is 0.430. The molecular weight excluding hydrogens is 478 g/mol. The summed E-state index contributed by atoms with van der Waals surface area (Å²) in [6.45, 7) is 3.42. The van der Waals surface area contributed by atoms with Crippen molar-refractivity contribution < 1.29 is 0 Å². The molecule has 2 aliphatic rings. The Hall–Kier alpha value is -3.41. The number of likely N-dealkylation sites (tertiary alicyclic amines) is 1. The summed E-state index contributed by atoms with van der Waals surface area (Å²) in [6, 6.07) is 13.8. The number of aromatic nitrogens is 4. The third-order valence-electron chi connectivity index (χ3n) is 8.03. The first kappa shape index (κ1) is 24.0. The van der Waals surface area contributed by atoms with Gasteiger partial charge in [0.15, 0.2) is 0 Å². The molecular formula is C29H31N7S. The van der Waals surface area contributed by atoms with E-state index in [-0.39, 0.29) is 0 Å². The van der Waals surface area contributed by atoms with E-state index in [4.69, 9.17) is 5.10 Å². The molecule has 2 fully saturated rings. The van der Waals surface area contributed by atoms with Gasteiger partial charge in [0.2, 0.25) is 0 Å². The van der Waals surface area contributed by atoms with Crippen LogP contribution in [-0.2, 0) is 0 Å². The van der Waals surface area contributed by atoms with E-state index >= 15 is 0 Å². The summed E-state index contributed by atoms with van der Waals surface area (Å²) in [6.07, 6.45) is 12.5. The van der Waals surface area contributed by atoms with Crippen LogP contribution in [0.2, 0.25) is 0 Å². The van der Waals surface area contributed by atoms with Crippen molar-refractivity contribution in [3.8, 4) is 17.2 Å². The zero-order chi connectivity index (χ0) is 25.5. The van der Waals surface area contributed by atoms with E-state index in [9.17, 15) is 5.26 Å². The van der Waals surface area contributed by atoms with Crippen molar-refractivity contribution in [2.24, 2.45) is 10.9 Å². The van der Waals surface area contributed by atoms with Crippen molar-refractivity contribution in [2.45, 2.75) is 54.5 Å². The average Bonchev–Trinajstić information content (AvgIpc) is 3.54. The monoisotopic (exact) mass is 509 g/mol. The Morgan fingerprint density at radius 3 is 2.81 bits per heavy atom. The highest BCUT2D eigenvalue weighted by molar-refractivity contribution is 7.99. The fraction of sp³-hybridized carbons (Fsp3) is 0.379. The van der Waals surface area contributed by atoms with E-state index in [1.807, 2.05) is 35.3 Å². The van der Waals surface area contributed by atoms with Crippen molar-refractivity contribution >= 4 is 23.5 Å². The predicted molar refractivity (Wildman–Crippen MR) is 147 cm³/mol. The topological polar surface area (TPSA) is 74.5 Å². The number of pyridine rings is 1. The van der Waals surface area contributed by atoms with E-state index < -0.39 is 0 Å². The second kappa shape index (κ2) is 9.81. The van der Waals surface area contributed by atoms with Gasteiger partial charge in [-0.1, -0.05) is 30.0 Å². The molecule has 0 amide bonds. The first-order valence-electron chi connectivity index (χ1n) is 12.9. The summed E-state index contributed by atoms with van der Waals surface area (Å²) in [4.78, 5) is 8.84. The molecule has 1 aliphatic heterocycles. The molecule has 1 aromatic carbocycles. The van der Waals surface area contributed by atoms with Crippen molar-refractivity contribution in [3.63, 3.8) is 0 Å². The summed E-state index contributed by atoms with van der Waals surface area (Å²) in [5.74, 6) is 0.826. The van der Waals surface area contributed by atoms with Gasteiger partial charge in [-0.3, -0.25) is 9.67 Å². The van der Waals surface area contributed by atoms with Crippen molar-refractivity contribution in [1.82, 2.24) is 24.3 Å². The zero-order valence-electron chi connectivity index (χ0n) is 21.5.